The first-order chi connectivity index (χ1) is 4.95. The Balaban J connectivity index is 1.69. The van der Waals surface area contributed by atoms with Crippen LogP contribution in [-0.4, -0.2) is 50.2 Å². The molecule has 0 amide bonds. The summed E-state index contributed by atoms with van der Waals surface area (Å²) in [6, 6.07) is 0.818. The molecule has 58 valence electrons. The molecule has 0 aromatic carbocycles. The Morgan fingerprint density at radius 1 is 1.30 bits per heavy atom. The van der Waals surface area contributed by atoms with Crippen LogP contribution in [0.15, 0.2) is 0 Å². The molecule has 10 heavy (non-hydrogen) atoms. The number of nitrogens with one attached hydrogen (secondary N) is 2. The summed E-state index contributed by atoms with van der Waals surface area (Å²) in [5.41, 5.74) is 0. The molecule has 0 aromatic rings. The molecule has 3 heteroatoms. The maximum absolute atomic E-state index is 3.35. The fraction of sp³-hybridized carbons (Fsp3) is 1.00. The van der Waals surface area contributed by atoms with E-state index in [1.165, 1.54) is 39.3 Å². The van der Waals surface area contributed by atoms with Crippen LogP contribution in [0, 0.1) is 0 Å². The van der Waals surface area contributed by atoms with E-state index in [-0.39, 0.29) is 0 Å². The fourth-order valence-corrected chi connectivity index (χ4v) is 1.42. The minimum Gasteiger partial charge on any atom is -0.314 e. The summed E-state index contributed by atoms with van der Waals surface area (Å²) in [5.74, 6) is 0. The van der Waals surface area contributed by atoms with Crippen molar-refractivity contribution in [3.63, 3.8) is 0 Å². The smallest absolute Gasteiger partial charge is 0.0320 e. The van der Waals surface area contributed by atoms with Crippen molar-refractivity contribution in [3.8, 4) is 0 Å². The zero-order chi connectivity index (χ0) is 6.81. The van der Waals surface area contributed by atoms with Gasteiger partial charge in [0.2, 0.25) is 0 Å². The van der Waals surface area contributed by atoms with Crippen LogP contribution in [0.4, 0.5) is 0 Å². The van der Waals surface area contributed by atoms with E-state index in [1.54, 1.807) is 0 Å². The third-order valence-electron chi connectivity index (χ3n) is 2.18. The van der Waals surface area contributed by atoms with E-state index in [0.717, 1.165) is 6.04 Å². The minimum atomic E-state index is 0.818. The summed E-state index contributed by atoms with van der Waals surface area (Å²) < 4.78 is 0. The Morgan fingerprint density at radius 3 is 2.60 bits per heavy atom. The average molecular weight is 141 g/mol. The predicted molar refractivity (Wildman–Crippen MR) is 41.1 cm³/mol. The molecule has 3 nitrogen and oxygen atoms in total. The number of rotatable bonds is 2. The van der Waals surface area contributed by atoms with Gasteiger partial charge in [0.25, 0.3) is 0 Å². The van der Waals surface area contributed by atoms with Gasteiger partial charge in [-0.2, -0.15) is 0 Å². The summed E-state index contributed by atoms with van der Waals surface area (Å²) in [5, 5.41) is 6.67. The molecule has 0 bridgehead atoms. The predicted octanol–water partition coefficient (Wildman–Crippen LogP) is -1.14. The molecule has 0 aliphatic carbocycles. The fourth-order valence-electron chi connectivity index (χ4n) is 1.42. The second-order valence-electron chi connectivity index (χ2n) is 3.16. The molecule has 2 aliphatic rings. The lowest BCUT2D eigenvalue weighted by molar-refractivity contribution is 0.243. The summed E-state index contributed by atoms with van der Waals surface area (Å²) in [6.45, 7) is 7.32. The van der Waals surface area contributed by atoms with Crippen molar-refractivity contribution in [1.82, 2.24) is 15.5 Å². The highest BCUT2D eigenvalue weighted by molar-refractivity contribution is 4.87. The Bertz CT molecular complexity index is 105. The average Bonchev–Trinajstić information content (AvgIpc) is 2.74. The van der Waals surface area contributed by atoms with Gasteiger partial charge in [-0.05, 0) is 0 Å². The van der Waals surface area contributed by atoms with Crippen molar-refractivity contribution in [3.05, 3.63) is 0 Å². The maximum Gasteiger partial charge on any atom is 0.0320 e. The number of hydrogen-bond acceptors (Lipinski definition) is 3. The van der Waals surface area contributed by atoms with Gasteiger partial charge in [0, 0.05) is 45.3 Å². The highest BCUT2D eigenvalue weighted by atomic mass is 15.2. The summed E-state index contributed by atoms with van der Waals surface area (Å²) in [4.78, 5) is 2.53. The molecule has 0 radical (unpaired) electrons. The molecular formula is C7H15N3. The lowest BCUT2D eigenvalue weighted by Crippen LogP contribution is -2.45. The number of hydrogen-bond donors (Lipinski definition) is 2. The lowest BCUT2D eigenvalue weighted by atomic mass is 10.3. The van der Waals surface area contributed by atoms with Crippen LogP contribution in [0.1, 0.15) is 0 Å². The standard InChI is InChI=1S/C7H15N3/c1-3-10(4-2-8-1)6-7-5-9-7/h7-9H,1-6H2. The van der Waals surface area contributed by atoms with E-state index in [9.17, 15) is 0 Å². The van der Waals surface area contributed by atoms with Gasteiger partial charge < -0.3 is 10.6 Å². The van der Waals surface area contributed by atoms with E-state index in [1.807, 2.05) is 0 Å². The Hall–Kier alpha value is -0.120. The summed E-state index contributed by atoms with van der Waals surface area (Å²) in [6.07, 6.45) is 0. The van der Waals surface area contributed by atoms with E-state index in [4.69, 9.17) is 0 Å². The van der Waals surface area contributed by atoms with Gasteiger partial charge in [-0.1, -0.05) is 0 Å². The number of piperazine rings is 1. The minimum absolute atomic E-state index is 0.818. The van der Waals surface area contributed by atoms with Gasteiger partial charge in [0.1, 0.15) is 0 Å². The largest absolute Gasteiger partial charge is 0.314 e. The second-order valence-corrected chi connectivity index (χ2v) is 3.16. The van der Waals surface area contributed by atoms with Crippen LogP contribution in [-0.2, 0) is 0 Å². The first kappa shape index (κ1) is 6.58. The normalized spacial score (nSPS) is 34.2. The molecule has 0 spiro atoms. The molecule has 2 rings (SSSR count). The van der Waals surface area contributed by atoms with E-state index >= 15 is 0 Å². The van der Waals surface area contributed by atoms with Crippen molar-refractivity contribution >= 4 is 0 Å². The lowest BCUT2D eigenvalue weighted by Gasteiger charge is -2.26. The van der Waals surface area contributed by atoms with Crippen molar-refractivity contribution in [1.29, 1.82) is 0 Å². The molecule has 1 unspecified atom stereocenters. The van der Waals surface area contributed by atoms with E-state index in [0.29, 0.717) is 0 Å². The third-order valence-corrected chi connectivity index (χ3v) is 2.18. The Morgan fingerprint density at radius 2 is 2.00 bits per heavy atom. The van der Waals surface area contributed by atoms with Crippen LogP contribution in [0.5, 0.6) is 0 Å². The number of nitrogens with zero attached hydrogens (tertiary/aromatic N) is 1. The Kier molecular flexibility index (Phi) is 1.88. The quantitative estimate of drug-likeness (QED) is 0.477. The summed E-state index contributed by atoms with van der Waals surface area (Å²) in [7, 11) is 0. The van der Waals surface area contributed by atoms with Crippen LogP contribution < -0.4 is 10.6 Å². The van der Waals surface area contributed by atoms with Crippen molar-refractivity contribution < 1.29 is 0 Å². The molecule has 1 atom stereocenters. The van der Waals surface area contributed by atoms with Crippen LogP contribution in [0.3, 0.4) is 0 Å². The van der Waals surface area contributed by atoms with Gasteiger partial charge in [-0.3, -0.25) is 4.90 Å². The zero-order valence-corrected chi connectivity index (χ0v) is 6.27. The monoisotopic (exact) mass is 141 g/mol. The van der Waals surface area contributed by atoms with Gasteiger partial charge in [-0.15, -0.1) is 0 Å². The first-order valence-electron chi connectivity index (χ1n) is 4.11. The second kappa shape index (κ2) is 2.86. The topological polar surface area (TPSA) is 37.2 Å². The summed E-state index contributed by atoms with van der Waals surface area (Å²) >= 11 is 0. The molecule has 0 aromatic heterocycles. The molecular weight excluding hydrogens is 126 g/mol. The van der Waals surface area contributed by atoms with Crippen molar-refractivity contribution in [2.75, 3.05) is 39.3 Å². The highest BCUT2D eigenvalue weighted by Crippen LogP contribution is 2.01. The SMILES string of the molecule is C1CN(CC2CN2)CCN1. The highest BCUT2D eigenvalue weighted by Gasteiger charge is 2.23. The molecule has 2 aliphatic heterocycles. The van der Waals surface area contributed by atoms with Gasteiger partial charge >= 0.3 is 0 Å². The van der Waals surface area contributed by atoms with Crippen LogP contribution in [0.2, 0.25) is 0 Å². The van der Waals surface area contributed by atoms with E-state index in [2.05, 4.69) is 15.5 Å². The van der Waals surface area contributed by atoms with Gasteiger partial charge in [-0.25, -0.2) is 0 Å². The first-order valence-corrected chi connectivity index (χ1v) is 4.11. The van der Waals surface area contributed by atoms with Gasteiger partial charge in [0.05, 0.1) is 0 Å². The zero-order valence-electron chi connectivity index (χ0n) is 6.27. The van der Waals surface area contributed by atoms with Gasteiger partial charge in [0.15, 0.2) is 0 Å². The molecule has 2 N–H and O–H groups in total. The van der Waals surface area contributed by atoms with Crippen molar-refractivity contribution in [2.45, 2.75) is 6.04 Å². The van der Waals surface area contributed by atoms with Crippen molar-refractivity contribution in [2.24, 2.45) is 0 Å². The Labute approximate surface area is 61.8 Å². The third kappa shape index (κ3) is 1.68. The van der Waals surface area contributed by atoms with Crippen LogP contribution >= 0.6 is 0 Å². The van der Waals surface area contributed by atoms with E-state index < -0.39 is 0 Å². The molecule has 2 saturated heterocycles. The molecule has 0 saturated carbocycles. The molecule has 2 heterocycles. The van der Waals surface area contributed by atoms with Crippen LogP contribution in [0.25, 0.3) is 0 Å². The molecule has 2 fully saturated rings. The maximum atomic E-state index is 3.35.